The first-order chi connectivity index (χ1) is 8.21. The lowest BCUT2D eigenvalue weighted by Gasteiger charge is -2.31. The van der Waals surface area contributed by atoms with Crippen LogP contribution in [0.25, 0.3) is 0 Å². The standard InChI is InChI=1S/C13H24N2O3/c1-8-6-14-7-9(8)12(18)15-10(5-11(16)17)13(2,3)4/h8-10,14H,5-7H2,1-4H3,(H,15,18)(H,16,17). The number of carbonyl (C=O) groups is 2. The highest BCUT2D eigenvalue weighted by Crippen LogP contribution is 2.23. The Labute approximate surface area is 108 Å². The molecule has 0 bridgehead atoms. The lowest BCUT2D eigenvalue weighted by atomic mass is 9.84. The topological polar surface area (TPSA) is 78.4 Å². The van der Waals surface area contributed by atoms with Gasteiger partial charge in [0.25, 0.3) is 0 Å². The van der Waals surface area contributed by atoms with E-state index in [2.05, 4.69) is 10.6 Å². The lowest BCUT2D eigenvalue weighted by molar-refractivity contribution is -0.138. The first-order valence-corrected chi connectivity index (χ1v) is 6.44. The van der Waals surface area contributed by atoms with Gasteiger partial charge in [0, 0.05) is 12.6 Å². The largest absolute Gasteiger partial charge is 0.481 e. The highest BCUT2D eigenvalue weighted by Gasteiger charge is 2.34. The van der Waals surface area contributed by atoms with Gasteiger partial charge in [0.1, 0.15) is 0 Å². The summed E-state index contributed by atoms with van der Waals surface area (Å²) in [6.45, 7) is 9.38. The number of nitrogens with one attached hydrogen (secondary N) is 2. The van der Waals surface area contributed by atoms with Gasteiger partial charge in [0.15, 0.2) is 0 Å². The summed E-state index contributed by atoms with van der Waals surface area (Å²) in [5.41, 5.74) is -0.261. The molecule has 0 radical (unpaired) electrons. The quantitative estimate of drug-likeness (QED) is 0.696. The van der Waals surface area contributed by atoms with Crippen molar-refractivity contribution in [3.05, 3.63) is 0 Å². The van der Waals surface area contributed by atoms with Crippen LogP contribution in [0.3, 0.4) is 0 Å². The monoisotopic (exact) mass is 256 g/mol. The summed E-state index contributed by atoms with van der Waals surface area (Å²) in [5, 5.41) is 15.0. The molecule has 0 aromatic carbocycles. The Morgan fingerprint density at radius 1 is 1.39 bits per heavy atom. The molecule has 1 rings (SSSR count). The Morgan fingerprint density at radius 2 is 2.00 bits per heavy atom. The van der Waals surface area contributed by atoms with Crippen molar-refractivity contribution >= 4 is 11.9 Å². The average molecular weight is 256 g/mol. The predicted octanol–water partition coefficient (Wildman–Crippen LogP) is 0.847. The maximum Gasteiger partial charge on any atom is 0.305 e. The lowest BCUT2D eigenvalue weighted by Crippen LogP contribution is -2.48. The molecule has 1 aliphatic heterocycles. The van der Waals surface area contributed by atoms with Crippen molar-refractivity contribution < 1.29 is 14.7 Å². The third-order valence-corrected chi connectivity index (χ3v) is 3.59. The van der Waals surface area contributed by atoms with Crippen molar-refractivity contribution in [2.24, 2.45) is 17.3 Å². The van der Waals surface area contributed by atoms with Crippen LogP contribution in [0.15, 0.2) is 0 Å². The van der Waals surface area contributed by atoms with Gasteiger partial charge in [0.05, 0.1) is 12.3 Å². The zero-order valence-electron chi connectivity index (χ0n) is 11.6. The van der Waals surface area contributed by atoms with Crippen molar-refractivity contribution in [2.75, 3.05) is 13.1 Å². The predicted molar refractivity (Wildman–Crippen MR) is 69.2 cm³/mol. The SMILES string of the molecule is CC1CNCC1C(=O)NC(CC(=O)O)C(C)(C)C. The molecule has 0 aromatic rings. The van der Waals surface area contributed by atoms with Crippen molar-refractivity contribution in [3.63, 3.8) is 0 Å². The van der Waals surface area contributed by atoms with E-state index in [1.54, 1.807) is 0 Å². The van der Waals surface area contributed by atoms with Crippen molar-refractivity contribution in [3.8, 4) is 0 Å². The van der Waals surface area contributed by atoms with Crippen LogP contribution in [-0.2, 0) is 9.59 Å². The molecule has 1 saturated heterocycles. The molecule has 1 aliphatic rings. The highest BCUT2D eigenvalue weighted by atomic mass is 16.4. The van der Waals surface area contributed by atoms with Gasteiger partial charge in [-0.3, -0.25) is 9.59 Å². The van der Waals surface area contributed by atoms with Gasteiger partial charge in [-0.15, -0.1) is 0 Å². The van der Waals surface area contributed by atoms with Gasteiger partial charge in [-0.2, -0.15) is 0 Å². The van der Waals surface area contributed by atoms with E-state index in [1.165, 1.54) is 0 Å². The van der Waals surface area contributed by atoms with E-state index in [4.69, 9.17) is 5.11 Å². The number of aliphatic carboxylic acids is 1. The Bertz CT molecular complexity index is 323. The molecule has 3 unspecified atom stereocenters. The van der Waals surface area contributed by atoms with E-state index in [9.17, 15) is 9.59 Å². The van der Waals surface area contributed by atoms with Crippen LogP contribution in [0.1, 0.15) is 34.1 Å². The number of hydrogen-bond donors (Lipinski definition) is 3. The number of hydrogen-bond acceptors (Lipinski definition) is 3. The molecule has 3 atom stereocenters. The molecule has 5 heteroatoms. The van der Waals surface area contributed by atoms with E-state index in [-0.39, 0.29) is 29.7 Å². The fraction of sp³-hybridized carbons (Fsp3) is 0.846. The van der Waals surface area contributed by atoms with Crippen LogP contribution in [-0.4, -0.2) is 36.1 Å². The van der Waals surface area contributed by atoms with Gasteiger partial charge in [-0.1, -0.05) is 27.7 Å². The zero-order valence-corrected chi connectivity index (χ0v) is 11.6. The third-order valence-electron chi connectivity index (χ3n) is 3.59. The Kier molecular flexibility index (Phi) is 4.73. The first-order valence-electron chi connectivity index (χ1n) is 6.44. The third kappa shape index (κ3) is 3.98. The van der Waals surface area contributed by atoms with E-state index in [1.807, 2.05) is 27.7 Å². The van der Waals surface area contributed by atoms with Gasteiger partial charge in [-0.25, -0.2) is 0 Å². The molecule has 104 valence electrons. The fourth-order valence-electron chi connectivity index (χ4n) is 2.19. The van der Waals surface area contributed by atoms with Crippen molar-refractivity contribution in [1.82, 2.24) is 10.6 Å². The highest BCUT2D eigenvalue weighted by molar-refractivity contribution is 5.80. The minimum Gasteiger partial charge on any atom is -0.481 e. The molecule has 0 spiro atoms. The maximum absolute atomic E-state index is 12.2. The van der Waals surface area contributed by atoms with Gasteiger partial charge in [0.2, 0.25) is 5.91 Å². The molecule has 5 nitrogen and oxygen atoms in total. The molecule has 3 N–H and O–H groups in total. The summed E-state index contributed by atoms with van der Waals surface area (Å²) >= 11 is 0. The number of amides is 1. The smallest absolute Gasteiger partial charge is 0.305 e. The summed E-state index contributed by atoms with van der Waals surface area (Å²) in [7, 11) is 0. The summed E-state index contributed by atoms with van der Waals surface area (Å²) in [6, 6.07) is -0.338. The zero-order chi connectivity index (χ0) is 13.9. The summed E-state index contributed by atoms with van der Waals surface area (Å²) < 4.78 is 0. The molecule has 18 heavy (non-hydrogen) atoms. The summed E-state index contributed by atoms with van der Waals surface area (Å²) in [5.74, 6) is -0.666. The maximum atomic E-state index is 12.2. The average Bonchev–Trinajstić information content (AvgIpc) is 2.61. The molecular weight excluding hydrogens is 232 g/mol. The van der Waals surface area contributed by atoms with Crippen molar-refractivity contribution in [2.45, 2.75) is 40.2 Å². The molecule has 0 aliphatic carbocycles. The normalized spacial score (nSPS) is 25.8. The Balaban J connectivity index is 2.65. The molecule has 1 amide bonds. The number of carboxylic acids is 1. The van der Waals surface area contributed by atoms with Crippen LogP contribution >= 0.6 is 0 Å². The van der Waals surface area contributed by atoms with Gasteiger partial charge < -0.3 is 15.7 Å². The Hall–Kier alpha value is -1.10. The first kappa shape index (κ1) is 15.0. The minimum atomic E-state index is -0.882. The fourth-order valence-corrected chi connectivity index (χ4v) is 2.19. The molecule has 0 saturated carbocycles. The molecule has 0 aromatic heterocycles. The molecule has 1 heterocycles. The van der Waals surface area contributed by atoms with Crippen LogP contribution in [0.4, 0.5) is 0 Å². The van der Waals surface area contributed by atoms with E-state index < -0.39 is 5.97 Å². The van der Waals surface area contributed by atoms with Crippen LogP contribution in [0.2, 0.25) is 0 Å². The summed E-state index contributed by atoms with van der Waals surface area (Å²) in [6.07, 6.45) is -0.0379. The Morgan fingerprint density at radius 3 is 2.39 bits per heavy atom. The van der Waals surface area contributed by atoms with Gasteiger partial charge in [-0.05, 0) is 17.9 Å². The second-order valence-electron chi connectivity index (χ2n) is 6.27. The van der Waals surface area contributed by atoms with Crippen LogP contribution in [0.5, 0.6) is 0 Å². The van der Waals surface area contributed by atoms with Gasteiger partial charge >= 0.3 is 5.97 Å². The van der Waals surface area contributed by atoms with E-state index >= 15 is 0 Å². The second-order valence-corrected chi connectivity index (χ2v) is 6.27. The van der Waals surface area contributed by atoms with E-state index in [0.29, 0.717) is 12.5 Å². The number of carboxylic acid groups (broad SMARTS) is 1. The van der Waals surface area contributed by atoms with Crippen molar-refractivity contribution in [1.29, 1.82) is 0 Å². The number of rotatable bonds is 4. The second kappa shape index (κ2) is 5.69. The molecule has 1 fully saturated rings. The van der Waals surface area contributed by atoms with Crippen LogP contribution < -0.4 is 10.6 Å². The molecular formula is C13H24N2O3. The van der Waals surface area contributed by atoms with Crippen LogP contribution in [0, 0.1) is 17.3 Å². The van der Waals surface area contributed by atoms with E-state index in [0.717, 1.165) is 6.54 Å². The minimum absolute atomic E-state index is 0.0336. The summed E-state index contributed by atoms with van der Waals surface area (Å²) in [4.78, 5) is 23.0. The number of carbonyl (C=O) groups excluding carboxylic acids is 1.